The largest absolute Gasteiger partial charge is 0.495 e. The first-order valence-electron chi connectivity index (χ1n) is 4.52. The SMILES string of the molecule is C#CCCCC(O)c1sccc1OC. The number of hydrogen-bond donors (Lipinski definition) is 1. The maximum Gasteiger partial charge on any atom is 0.135 e. The van der Waals surface area contributed by atoms with Gasteiger partial charge >= 0.3 is 0 Å². The maximum absolute atomic E-state index is 9.81. The highest BCUT2D eigenvalue weighted by Gasteiger charge is 2.13. The van der Waals surface area contributed by atoms with Crippen LogP contribution < -0.4 is 4.74 Å². The number of unbranched alkanes of at least 4 members (excludes halogenated alkanes) is 1. The summed E-state index contributed by atoms with van der Waals surface area (Å²) in [5.41, 5.74) is 0. The van der Waals surface area contributed by atoms with Gasteiger partial charge in [0.05, 0.1) is 18.1 Å². The maximum atomic E-state index is 9.81. The number of thiophene rings is 1. The van der Waals surface area contributed by atoms with Crippen LogP contribution in [0.2, 0.25) is 0 Å². The summed E-state index contributed by atoms with van der Waals surface area (Å²) in [6, 6.07) is 1.87. The molecule has 1 rings (SSSR count). The van der Waals surface area contributed by atoms with E-state index in [-0.39, 0.29) is 0 Å². The van der Waals surface area contributed by atoms with Crippen molar-refractivity contribution >= 4 is 11.3 Å². The molecule has 0 saturated carbocycles. The van der Waals surface area contributed by atoms with E-state index in [1.807, 2.05) is 11.4 Å². The molecule has 1 aromatic heterocycles. The van der Waals surface area contributed by atoms with E-state index in [0.29, 0.717) is 12.8 Å². The van der Waals surface area contributed by atoms with Crippen molar-refractivity contribution in [3.63, 3.8) is 0 Å². The molecule has 0 spiro atoms. The van der Waals surface area contributed by atoms with E-state index >= 15 is 0 Å². The number of hydrogen-bond acceptors (Lipinski definition) is 3. The fourth-order valence-electron chi connectivity index (χ4n) is 1.25. The van der Waals surface area contributed by atoms with Crippen molar-refractivity contribution in [1.29, 1.82) is 0 Å². The molecule has 0 radical (unpaired) electrons. The molecule has 0 aliphatic rings. The Hall–Kier alpha value is -0.980. The first-order valence-corrected chi connectivity index (χ1v) is 5.40. The molecule has 0 fully saturated rings. The van der Waals surface area contributed by atoms with Crippen LogP contribution in [0.25, 0.3) is 0 Å². The Balaban J connectivity index is 2.52. The van der Waals surface area contributed by atoms with E-state index in [9.17, 15) is 5.11 Å². The van der Waals surface area contributed by atoms with Gasteiger partial charge in [-0.15, -0.1) is 23.7 Å². The zero-order chi connectivity index (χ0) is 10.4. The smallest absolute Gasteiger partial charge is 0.135 e. The predicted octanol–water partition coefficient (Wildman–Crippen LogP) is 2.59. The van der Waals surface area contributed by atoms with Crippen molar-refractivity contribution in [2.45, 2.75) is 25.4 Å². The number of terminal acetylenes is 1. The molecule has 0 aliphatic carbocycles. The molecular formula is C11H14O2S. The number of aliphatic hydroxyl groups excluding tert-OH is 1. The van der Waals surface area contributed by atoms with Crippen molar-refractivity contribution in [2.24, 2.45) is 0 Å². The molecule has 0 aliphatic heterocycles. The number of rotatable bonds is 5. The molecule has 1 unspecified atom stereocenters. The molecule has 0 aromatic carbocycles. The Morgan fingerprint density at radius 1 is 1.71 bits per heavy atom. The van der Waals surface area contributed by atoms with Crippen LogP contribution in [-0.4, -0.2) is 12.2 Å². The van der Waals surface area contributed by atoms with E-state index in [1.165, 1.54) is 11.3 Å². The highest BCUT2D eigenvalue weighted by Crippen LogP contribution is 2.33. The van der Waals surface area contributed by atoms with Crippen molar-refractivity contribution in [3.8, 4) is 18.1 Å². The average molecular weight is 210 g/mol. The Morgan fingerprint density at radius 2 is 2.50 bits per heavy atom. The van der Waals surface area contributed by atoms with Gasteiger partial charge in [-0.3, -0.25) is 0 Å². The Kier molecular flexibility index (Phi) is 4.51. The molecule has 76 valence electrons. The molecule has 3 heteroatoms. The van der Waals surface area contributed by atoms with Gasteiger partial charge in [-0.2, -0.15) is 0 Å². The summed E-state index contributed by atoms with van der Waals surface area (Å²) in [6.07, 6.45) is 6.94. The van der Waals surface area contributed by atoms with Crippen molar-refractivity contribution < 1.29 is 9.84 Å². The summed E-state index contributed by atoms with van der Waals surface area (Å²) in [5, 5.41) is 11.7. The van der Waals surface area contributed by atoms with Gasteiger partial charge in [0.25, 0.3) is 0 Å². The quantitative estimate of drug-likeness (QED) is 0.598. The van der Waals surface area contributed by atoms with E-state index in [0.717, 1.165) is 17.0 Å². The standard InChI is InChI=1S/C11H14O2S/c1-3-4-5-6-9(12)11-10(13-2)7-8-14-11/h1,7-9,12H,4-6H2,2H3. The summed E-state index contributed by atoms with van der Waals surface area (Å²) < 4.78 is 5.12. The van der Waals surface area contributed by atoms with Gasteiger partial charge in [-0.1, -0.05) is 0 Å². The topological polar surface area (TPSA) is 29.5 Å². The third-order valence-corrected chi connectivity index (χ3v) is 2.98. The van der Waals surface area contributed by atoms with Crippen LogP contribution in [0.1, 0.15) is 30.2 Å². The average Bonchev–Trinajstić information content (AvgIpc) is 2.65. The molecule has 14 heavy (non-hydrogen) atoms. The highest BCUT2D eigenvalue weighted by molar-refractivity contribution is 7.10. The fraction of sp³-hybridized carbons (Fsp3) is 0.455. The van der Waals surface area contributed by atoms with Gasteiger partial charge in [-0.05, 0) is 24.3 Å². The normalized spacial score (nSPS) is 12.1. The molecule has 1 aromatic rings. The molecule has 0 amide bonds. The summed E-state index contributed by atoms with van der Waals surface area (Å²) in [7, 11) is 1.61. The third-order valence-electron chi connectivity index (χ3n) is 1.98. The lowest BCUT2D eigenvalue weighted by Gasteiger charge is -2.09. The predicted molar refractivity (Wildman–Crippen MR) is 58.5 cm³/mol. The van der Waals surface area contributed by atoms with Gasteiger partial charge in [0, 0.05) is 6.42 Å². The Bertz CT molecular complexity index is 311. The summed E-state index contributed by atoms with van der Waals surface area (Å²) >= 11 is 1.51. The van der Waals surface area contributed by atoms with E-state index in [4.69, 9.17) is 11.2 Å². The summed E-state index contributed by atoms with van der Waals surface area (Å²) in [4.78, 5) is 0.893. The fourth-order valence-corrected chi connectivity index (χ4v) is 2.13. The number of aliphatic hydroxyl groups is 1. The van der Waals surface area contributed by atoms with Crippen LogP contribution in [0.5, 0.6) is 5.75 Å². The van der Waals surface area contributed by atoms with E-state index in [2.05, 4.69) is 5.92 Å². The van der Waals surface area contributed by atoms with Crippen LogP contribution in [0, 0.1) is 12.3 Å². The van der Waals surface area contributed by atoms with Gasteiger partial charge in [-0.25, -0.2) is 0 Å². The van der Waals surface area contributed by atoms with Crippen LogP contribution >= 0.6 is 11.3 Å². The summed E-state index contributed by atoms with van der Waals surface area (Å²) in [5.74, 6) is 3.32. The lowest BCUT2D eigenvalue weighted by atomic mass is 10.1. The van der Waals surface area contributed by atoms with Gasteiger partial charge in [0.2, 0.25) is 0 Å². The van der Waals surface area contributed by atoms with Gasteiger partial charge in [0.1, 0.15) is 5.75 Å². The van der Waals surface area contributed by atoms with Gasteiger partial charge < -0.3 is 9.84 Å². The first kappa shape index (κ1) is 11.1. The molecular weight excluding hydrogens is 196 g/mol. The van der Waals surface area contributed by atoms with Crippen LogP contribution in [0.3, 0.4) is 0 Å². The second-order valence-corrected chi connectivity index (χ2v) is 3.91. The van der Waals surface area contributed by atoms with E-state index in [1.54, 1.807) is 7.11 Å². The van der Waals surface area contributed by atoms with Crippen LogP contribution in [-0.2, 0) is 0 Å². The lowest BCUT2D eigenvalue weighted by molar-refractivity contribution is 0.165. The minimum absolute atomic E-state index is 0.446. The lowest BCUT2D eigenvalue weighted by Crippen LogP contribution is -1.96. The molecule has 0 bridgehead atoms. The van der Waals surface area contributed by atoms with Gasteiger partial charge in [0.15, 0.2) is 0 Å². The van der Waals surface area contributed by atoms with Crippen LogP contribution in [0.4, 0.5) is 0 Å². The highest BCUT2D eigenvalue weighted by atomic mass is 32.1. The minimum Gasteiger partial charge on any atom is -0.495 e. The monoisotopic (exact) mass is 210 g/mol. The zero-order valence-corrected chi connectivity index (χ0v) is 9.01. The molecule has 0 saturated heterocycles. The molecule has 2 nitrogen and oxygen atoms in total. The Labute approximate surface area is 88.5 Å². The zero-order valence-electron chi connectivity index (χ0n) is 8.19. The van der Waals surface area contributed by atoms with E-state index < -0.39 is 6.10 Å². The molecule has 1 heterocycles. The molecule has 1 atom stereocenters. The number of methoxy groups -OCH3 is 1. The first-order chi connectivity index (χ1) is 6.79. The molecule has 1 N–H and O–H groups in total. The summed E-state index contributed by atoms with van der Waals surface area (Å²) in [6.45, 7) is 0. The second-order valence-electron chi connectivity index (χ2n) is 2.97. The second kappa shape index (κ2) is 5.69. The van der Waals surface area contributed by atoms with Crippen molar-refractivity contribution in [1.82, 2.24) is 0 Å². The van der Waals surface area contributed by atoms with Crippen molar-refractivity contribution in [2.75, 3.05) is 7.11 Å². The Morgan fingerprint density at radius 3 is 3.14 bits per heavy atom. The number of ether oxygens (including phenoxy) is 1. The minimum atomic E-state index is -0.446. The van der Waals surface area contributed by atoms with Crippen molar-refractivity contribution in [3.05, 3.63) is 16.3 Å². The third kappa shape index (κ3) is 2.76. The van der Waals surface area contributed by atoms with Crippen LogP contribution in [0.15, 0.2) is 11.4 Å².